The maximum absolute atomic E-state index is 10.0. The van der Waals surface area contributed by atoms with Gasteiger partial charge in [-0.25, -0.2) is 0 Å². The van der Waals surface area contributed by atoms with Crippen LogP contribution in [0.4, 0.5) is 0 Å². The van der Waals surface area contributed by atoms with Crippen LogP contribution < -0.4 is 31.8 Å². The Bertz CT molecular complexity index is 1720. The molecule has 0 heterocycles. The molecule has 5 heteroatoms. The number of benzene rings is 6. The van der Waals surface area contributed by atoms with Crippen molar-refractivity contribution >= 4 is 53.6 Å². The minimum atomic E-state index is -0.670. The second-order valence-corrected chi connectivity index (χ2v) is 18.7. The number of hydrogen-bond acceptors (Lipinski definition) is 1. The fraction of sp³-hybridized carbons (Fsp3) is 0.260. The zero-order valence-electron chi connectivity index (χ0n) is 33.7. The molecule has 0 amide bonds. The molecule has 0 atom stereocenters. The van der Waals surface area contributed by atoms with Crippen LogP contribution in [0.25, 0.3) is 0 Å². The third-order valence-electron chi connectivity index (χ3n) is 9.05. The van der Waals surface area contributed by atoms with Gasteiger partial charge in [0, 0.05) is 23.2 Å². The third-order valence-corrected chi connectivity index (χ3v) is 13.8. The summed E-state index contributed by atoms with van der Waals surface area (Å²) >= 11 is 0. The second kappa shape index (κ2) is 23.9. The average Bonchev–Trinajstić information content (AvgIpc) is 3.13. The fourth-order valence-electron chi connectivity index (χ4n) is 6.38. The van der Waals surface area contributed by atoms with Crippen molar-refractivity contribution in [2.24, 2.45) is 0 Å². The van der Waals surface area contributed by atoms with Crippen molar-refractivity contribution in [1.82, 2.24) is 0 Å². The van der Waals surface area contributed by atoms with Crippen LogP contribution in [0.3, 0.4) is 0 Å². The molecule has 0 bridgehead atoms. The molecule has 1 N–H and O–H groups in total. The van der Waals surface area contributed by atoms with Gasteiger partial charge in [0.2, 0.25) is 0 Å². The maximum atomic E-state index is 10.0. The molecule has 0 aliphatic heterocycles. The molecule has 0 aliphatic carbocycles. The Morgan fingerprint density at radius 2 is 0.655 bits per heavy atom. The number of carbonyl (C=O) groups is 1. The van der Waals surface area contributed by atoms with Crippen molar-refractivity contribution in [3.63, 3.8) is 0 Å². The van der Waals surface area contributed by atoms with Crippen LogP contribution in [0.1, 0.15) is 78.8 Å². The first-order valence-corrected chi connectivity index (χ1v) is 21.9. The number of rotatable bonds is 12. The van der Waals surface area contributed by atoms with Crippen LogP contribution in [-0.2, 0) is 21.6 Å². The summed E-state index contributed by atoms with van der Waals surface area (Å²) < 4.78 is 0. The Labute approximate surface area is 344 Å². The van der Waals surface area contributed by atoms with Gasteiger partial charge in [0.05, 0.1) is 0 Å². The quantitative estimate of drug-likeness (QED) is 0.0987. The van der Waals surface area contributed by atoms with Gasteiger partial charge < -0.3 is 5.11 Å². The molecule has 0 saturated carbocycles. The molecule has 1 radical (unpaired) electrons. The molecule has 0 saturated heterocycles. The maximum Gasteiger partial charge on any atom is 0.303 e. The van der Waals surface area contributed by atoms with E-state index in [0.717, 1.165) is 12.8 Å². The van der Waals surface area contributed by atoms with Gasteiger partial charge in [-0.1, -0.05) is 212 Å². The first-order valence-electron chi connectivity index (χ1n) is 19.3. The van der Waals surface area contributed by atoms with Gasteiger partial charge in [0.25, 0.3) is 0 Å². The van der Waals surface area contributed by atoms with E-state index in [1.54, 1.807) is 0 Å². The topological polar surface area (TPSA) is 37.3 Å². The minimum Gasteiger partial charge on any atom is -0.481 e. The van der Waals surface area contributed by atoms with Crippen LogP contribution in [0.2, 0.25) is 0 Å². The van der Waals surface area contributed by atoms with E-state index < -0.39 is 21.8 Å². The summed E-state index contributed by atoms with van der Waals surface area (Å²) in [7, 11) is -0.989. The van der Waals surface area contributed by atoms with Crippen LogP contribution >= 0.6 is 15.8 Å². The molecule has 2 nitrogen and oxygen atoms in total. The Morgan fingerprint density at radius 3 is 0.855 bits per heavy atom. The summed E-state index contributed by atoms with van der Waals surface area (Å²) in [6, 6.07) is 53.6. The molecule has 0 unspecified atom stereocenters. The van der Waals surface area contributed by atoms with E-state index in [2.05, 4.69) is 194 Å². The molecular formula is C50H58CoO2P2. The zero-order valence-corrected chi connectivity index (χ0v) is 36.5. The van der Waals surface area contributed by atoms with Crippen molar-refractivity contribution in [1.29, 1.82) is 0 Å². The third kappa shape index (κ3) is 15.3. The Hall–Kier alpha value is -3.84. The van der Waals surface area contributed by atoms with Gasteiger partial charge in [-0.15, -0.1) is 0 Å². The molecule has 6 aromatic carbocycles. The molecule has 0 aliphatic rings. The van der Waals surface area contributed by atoms with Crippen LogP contribution in [-0.4, -0.2) is 11.1 Å². The second-order valence-electron chi connectivity index (χ2n) is 14.3. The van der Waals surface area contributed by atoms with Gasteiger partial charge in [-0.2, -0.15) is 0 Å². The average molecular weight is 812 g/mol. The Kier molecular flexibility index (Phi) is 19.8. The summed E-state index contributed by atoms with van der Waals surface area (Å²) in [5.41, 5.74) is 7.95. The zero-order chi connectivity index (χ0) is 38.9. The Morgan fingerprint density at radius 1 is 0.418 bits per heavy atom. The first-order chi connectivity index (χ1) is 26.0. The molecule has 6 aromatic rings. The predicted molar refractivity (Wildman–Crippen MR) is 240 cm³/mol. The summed E-state index contributed by atoms with van der Waals surface area (Å²) in [4.78, 5) is 10.0. The standard InChI is InChI=1S/2C21H21P.C8H16O2.Co/c2*1-16-7-4-10-19(13-16)22(20-11-5-8-17(2)14-20)21-12-6-9-18(3)15-21;1-2-3-4-5-6-7-8(9)10;/h2*4-15H,1-3H3;2-7H2,1H3,(H,9,10);. The molecule has 55 heavy (non-hydrogen) atoms. The van der Waals surface area contributed by atoms with Gasteiger partial charge >= 0.3 is 5.97 Å². The van der Waals surface area contributed by atoms with Gasteiger partial charge in [0.1, 0.15) is 0 Å². The number of aliphatic carboxylic acids is 1. The monoisotopic (exact) mass is 811 g/mol. The number of carboxylic acid groups (broad SMARTS) is 1. The van der Waals surface area contributed by atoms with E-state index in [1.165, 1.54) is 84.5 Å². The summed E-state index contributed by atoms with van der Waals surface area (Å²) in [5, 5.41) is 16.8. The molecule has 6 rings (SSSR count). The summed E-state index contributed by atoms with van der Waals surface area (Å²) in [5.74, 6) is -0.670. The molecule has 289 valence electrons. The van der Waals surface area contributed by atoms with E-state index in [9.17, 15) is 4.79 Å². The smallest absolute Gasteiger partial charge is 0.303 e. The van der Waals surface area contributed by atoms with Crippen LogP contribution in [0, 0.1) is 41.5 Å². The van der Waals surface area contributed by atoms with E-state index >= 15 is 0 Å². The van der Waals surface area contributed by atoms with E-state index in [4.69, 9.17) is 5.11 Å². The molecule has 0 fully saturated rings. The van der Waals surface area contributed by atoms with Gasteiger partial charge in [0.15, 0.2) is 0 Å². The van der Waals surface area contributed by atoms with Gasteiger partial charge in [-0.05, 0) is 95.6 Å². The van der Waals surface area contributed by atoms with Crippen LogP contribution in [0.5, 0.6) is 0 Å². The van der Waals surface area contributed by atoms with E-state index in [0.29, 0.717) is 6.42 Å². The predicted octanol–water partition coefficient (Wildman–Crippen LogP) is 11.2. The van der Waals surface area contributed by atoms with Crippen molar-refractivity contribution in [2.45, 2.75) is 87.0 Å². The number of unbranched alkanes of at least 4 members (excludes halogenated alkanes) is 4. The van der Waals surface area contributed by atoms with E-state index in [-0.39, 0.29) is 16.8 Å². The van der Waals surface area contributed by atoms with Crippen molar-refractivity contribution in [2.75, 3.05) is 0 Å². The number of hydrogen-bond donors (Lipinski definition) is 1. The van der Waals surface area contributed by atoms with Crippen LogP contribution in [0.15, 0.2) is 146 Å². The van der Waals surface area contributed by atoms with Gasteiger partial charge in [-0.3, -0.25) is 4.79 Å². The van der Waals surface area contributed by atoms with Crippen molar-refractivity contribution < 1.29 is 26.7 Å². The van der Waals surface area contributed by atoms with Crippen molar-refractivity contribution in [3.8, 4) is 0 Å². The Balaban J connectivity index is 0.000000236. The fourth-order valence-corrected chi connectivity index (χ4v) is 11.6. The molecule has 0 aromatic heterocycles. The first kappa shape index (κ1) is 45.5. The number of aryl methyl sites for hydroxylation is 6. The van der Waals surface area contributed by atoms with Crippen molar-refractivity contribution in [3.05, 3.63) is 179 Å². The minimum absolute atomic E-state index is 0. The summed E-state index contributed by atoms with van der Waals surface area (Å²) in [6.45, 7) is 15.2. The molecule has 0 spiro atoms. The molecular weight excluding hydrogens is 753 g/mol. The SMILES string of the molecule is CCCCCCCC(=O)O.Cc1cccc(P(c2cccc(C)c2)c2cccc(C)c2)c1.Cc1cccc(P(c2cccc(C)c2)c2cccc(C)c2)c1.[Co]. The largest absolute Gasteiger partial charge is 0.481 e. The number of carboxylic acids is 1. The van der Waals surface area contributed by atoms with E-state index in [1.807, 2.05) is 0 Å². The normalized spacial score (nSPS) is 10.5. The summed E-state index contributed by atoms with van der Waals surface area (Å²) in [6.07, 6.45) is 5.88.